The monoisotopic (exact) mass is 1650 g/mol. The Kier molecular flexibility index (Phi) is 27.4. The molecular formula is C89H96N14O14S2. The highest BCUT2D eigenvalue weighted by Crippen LogP contribution is 2.45. The summed E-state index contributed by atoms with van der Waals surface area (Å²) in [5.74, 6) is 3.56. The first-order valence-electron chi connectivity index (χ1n) is 40.1. The molecule has 9 aromatic rings. The molecule has 30 heteroatoms. The predicted octanol–water partition coefficient (Wildman–Crippen LogP) is 8.15. The van der Waals surface area contributed by atoms with Crippen LogP contribution >= 0.6 is 23.5 Å². The van der Waals surface area contributed by atoms with Crippen molar-refractivity contribution < 1.29 is 62.4 Å². The highest BCUT2D eigenvalue weighted by atomic mass is 32.2. The van der Waals surface area contributed by atoms with Gasteiger partial charge in [-0.25, -0.2) is 19.7 Å². The van der Waals surface area contributed by atoms with Gasteiger partial charge in [0.15, 0.2) is 5.60 Å². The van der Waals surface area contributed by atoms with Crippen LogP contribution < -0.4 is 46.7 Å². The zero-order chi connectivity index (χ0) is 83.0. The van der Waals surface area contributed by atoms with Gasteiger partial charge in [-0.2, -0.15) is 0 Å². The molecule has 4 fully saturated rings. The van der Waals surface area contributed by atoms with E-state index in [4.69, 9.17) is 28.9 Å². The number of nitrogens with zero attached hydrogens (tertiary/aromatic N) is 8. The second kappa shape index (κ2) is 38.9. The van der Waals surface area contributed by atoms with Gasteiger partial charge in [0.2, 0.25) is 35.5 Å². The molecule has 28 nitrogen and oxygen atoms in total. The summed E-state index contributed by atoms with van der Waals surface area (Å²) < 4.78 is 25.5. The Morgan fingerprint density at radius 3 is 2.03 bits per heavy atom. The largest absolute Gasteiger partial charge is 0.495 e. The van der Waals surface area contributed by atoms with Crippen LogP contribution in [0.15, 0.2) is 201 Å². The summed E-state index contributed by atoms with van der Waals surface area (Å²) in [5.41, 5.74) is 4.53. The molecule has 618 valence electrons. The van der Waals surface area contributed by atoms with Gasteiger partial charge in [-0.05, 0) is 123 Å². The summed E-state index contributed by atoms with van der Waals surface area (Å²) in [4.78, 5) is 145. The van der Waals surface area contributed by atoms with Crippen LogP contribution in [0, 0.1) is 11.8 Å². The van der Waals surface area contributed by atoms with Crippen LogP contribution in [0.25, 0.3) is 32.9 Å². The summed E-state index contributed by atoms with van der Waals surface area (Å²) in [7, 11) is 3.23. The number of imide groups is 2. The predicted molar refractivity (Wildman–Crippen MR) is 453 cm³/mol. The molecule has 0 radical (unpaired) electrons. The summed E-state index contributed by atoms with van der Waals surface area (Å²) >= 11 is 2.49. The molecule has 0 bridgehead atoms. The number of anilines is 2. The number of aromatic amines is 1. The Labute approximate surface area is 697 Å². The minimum atomic E-state index is -1.28. The van der Waals surface area contributed by atoms with Crippen molar-refractivity contribution in [1.82, 2.24) is 60.8 Å². The van der Waals surface area contributed by atoms with Crippen molar-refractivity contribution in [3.63, 3.8) is 0 Å². The molecule has 0 unspecified atom stereocenters. The van der Waals surface area contributed by atoms with Crippen molar-refractivity contribution in [2.24, 2.45) is 7.05 Å². The number of ether oxygens (including phenoxy) is 4. The highest BCUT2D eigenvalue weighted by Gasteiger charge is 2.45. The first kappa shape index (κ1) is 83.9. The number of aliphatic hydroxyl groups is 1. The number of hydrogen-bond acceptors (Lipinski definition) is 21. The van der Waals surface area contributed by atoms with Crippen molar-refractivity contribution >= 4 is 104 Å². The van der Waals surface area contributed by atoms with Crippen LogP contribution in [0.3, 0.4) is 0 Å². The molecule has 9 amide bonds. The zero-order valence-electron chi connectivity index (χ0n) is 66.6. The molecule has 14 rings (SSSR count). The summed E-state index contributed by atoms with van der Waals surface area (Å²) in [6.07, 6.45) is 8.90. The smallest absolute Gasteiger partial charge is 0.332 e. The van der Waals surface area contributed by atoms with Crippen molar-refractivity contribution in [3.8, 4) is 28.7 Å². The second-order valence-electron chi connectivity index (χ2n) is 30.1. The van der Waals surface area contributed by atoms with E-state index in [0.717, 1.165) is 112 Å². The quantitative estimate of drug-likeness (QED) is 0.0112. The molecular weight excluding hydrogens is 1550 g/mol. The molecule has 0 spiro atoms. The number of thioether (sulfide) groups is 2. The van der Waals surface area contributed by atoms with Gasteiger partial charge in [0.1, 0.15) is 24.0 Å². The fourth-order valence-corrected chi connectivity index (χ4v) is 17.2. The number of H-pyrrole nitrogens is 1. The van der Waals surface area contributed by atoms with E-state index in [9.17, 15) is 48.3 Å². The van der Waals surface area contributed by atoms with Crippen LogP contribution in [-0.2, 0) is 66.8 Å². The van der Waals surface area contributed by atoms with Gasteiger partial charge in [-0.15, -0.1) is 0 Å². The number of piperidine rings is 2. The molecule has 7 heterocycles. The molecule has 1 saturated carbocycles. The summed E-state index contributed by atoms with van der Waals surface area (Å²) in [6, 6.07) is 49.2. The SMILES string of the molecule is COc1ccc(C#CCNC2(C)CCN(C3CCN(c4nc([C@@](CO)(OC5CC5)c5ccccc5)c5cc(-c6cn(C)c(=O)c7[nH]ccc67)ccc5n4)CC3)CC2)cc1N1CCC(=O)N(CNC(=O)CNC(=O)[C@H](Cc2ccccc2)NC(=O)CNC(=O)CCOCCOCCN2C(=O)C(Sc3ccccc3)=C(Sc3ccccc3)C2=O)C1=O. The van der Waals surface area contributed by atoms with Gasteiger partial charge in [0, 0.05) is 115 Å². The minimum Gasteiger partial charge on any atom is -0.495 e. The number of carbonyl (C=O) groups excluding carboxylic acids is 8. The maximum Gasteiger partial charge on any atom is 0.332 e. The standard InChI is InChI=1S/C89H96N14O14S2/c1-88(37-44-99(45-38-88)63-33-41-100(42-34-63)86-96-70-30-27-61(69-56-98(2)83(110)78-67(69)32-40-90-78)53-68(70)81(97-86)89(57-104,117-64-28-29-64)62-20-10-5-11-21-62)94-39-16-19-60-26-31-73(114-3)72(52-60)101-43-35-77(108)103(87(101)113)58-93-75(106)54-92-82(109)71(51-59-17-8-4-9-18-59)95-76(107)55-91-74(105)36-47-115-49-50-116-48-46-102-84(111)79(118-65-22-12-6-13-23-65)80(85(102)112)119-66-24-14-7-15-25-66/h4-15,17-18,20-27,30-32,40,52-53,56,63-64,71,90,94,104H,28-29,33-39,41-51,54-55,57-58H2,1-3H3,(H,91,105)(H,92,109)(H,93,106)(H,95,107)/t71-,89-/m0/s1. The van der Waals surface area contributed by atoms with E-state index in [1.807, 2.05) is 115 Å². The zero-order valence-corrected chi connectivity index (χ0v) is 68.2. The number of likely N-dealkylation sites (tertiary alicyclic amines) is 1. The van der Waals surface area contributed by atoms with E-state index in [1.54, 1.807) is 66.3 Å². The Morgan fingerprint density at radius 1 is 0.697 bits per heavy atom. The number of rotatable bonds is 35. The number of aromatic nitrogens is 4. The third kappa shape index (κ3) is 20.4. The topological polar surface area (TPSA) is 334 Å². The van der Waals surface area contributed by atoms with Crippen LogP contribution in [-0.4, -0.2) is 216 Å². The molecule has 3 saturated heterocycles. The van der Waals surface area contributed by atoms with Crippen LogP contribution in [0.1, 0.15) is 80.7 Å². The van der Waals surface area contributed by atoms with E-state index in [-0.39, 0.29) is 82.6 Å². The van der Waals surface area contributed by atoms with Gasteiger partial charge in [-0.1, -0.05) is 138 Å². The van der Waals surface area contributed by atoms with Crippen LogP contribution in [0.4, 0.5) is 16.4 Å². The second-order valence-corrected chi connectivity index (χ2v) is 32.3. The van der Waals surface area contributed by atoms with E-state index < -0.39 is 78.8 Å². The first-order valence-corrected chi connectivity index (χ1v) is 41.7. The van der Waals surface area contributed by atoms with E-state index in [1.165, 1.54) is 40.4 Å². The third-order valence-corrected chi connectivity index (χ3v) is 24.3. The molecule has 3 aromatic heterocycles. The number of benzene rings is 6. The molecule has 4 aliphatic heterocycles. The lowest BCUT2D eigenvalue weighted by atomic mass is 9.87. The Hall–Kier alpha value is -11.5. The Morgan fingerprint density at radius 2 is 1.36 bits per heavy atom. The highest BCUT2D eigenvalue weighted by molar-refractivity contribution is 8.08. The molecule has 7 N–H and O–H groups in total. The number of pyridine rings is 1. The van der Waals surface area contributed by atoms with Gasteiger partial charge in [0.05, 0.1) is 99.1 Å². The lowest BCUT2D eigenvalue weighted by Gasteiger charge is -2.45. The summed E-state index contributed by atoms with van der Waals surface area (Å²) in [6.45, 7) is 4.39. The van der Waals surface area contributed by atoms with Crippen LogP contribution in [0.5, 0.6) is 5.75 Å². The molecule has 119 heavy (non-hydrogen) atoms. The van der Waals surface area contributed by atoms with Crippen LogP contribution in [0.2, 0.25) is 0 Å². The van der Waals surface area contributed by atoms with Gasteiger partial charge >= 0.3 is 6.03 Å². The van der Waals surface area contributed by atoms with Crippen molar-refractivity contribution in [3.05, 3.63) is 219 Å². The van der Waals surface area contributed by atoms with Crippen molar-refractivity contribution in [1.29, 1.82) is 0 Å². The minimum absolute atomic E-state index is 0.00333. The third-order valence-electron chi connectivity index (χ3n) is 22.0. The fourth-order valence-electron chi connectivity index (χ4n) is 15.2. The lowest BCUT2D eigenvalue weighted by Crippen LogP contribution is -2.56. The number of nitrogens with one attached hydrogen (secondary N) is 6. The van der Waals surface area contributed by atoms with Crippen molar-refractivity contribution in [2.45, 2.75) is 104 Å². The maximum absolute atomic E-state index is 14.2. The summed E-state index contributed by atoms with van der Waals surface area (Å²) in [5, 5.41) is 27.2. The molecule has 6 aromatic carbocycles. The average molecular weight is 1650 g/mol. The Bertz CT molecular complexity index is 5290. The number of urea groups is 1. The maximum atomic E-state index is 14.2. The number of aliphatic hydroxyl groups excluding tert-OH is 1. The Balaban J connectivity index is 0.514. The van der Waals surface area contributed by atoms with E-state index >= 15 is 0 Å². The fraction of sp³-hybridized carbons (Fsp3) is 0.360. The van der Waals surface area contributed by atoms with E-state index in [2.05, 4.69) is 66.2 Å². The van der Waals surface area contributed by atoms with Crippen molar-refractivity contribution in [2.75, 3.05) is 116 Å². The number of amides is 9. The number of carbonyl (C=O) groups is 8. The average Bonchev–Trinajstić information content (AvgIpc) is 1.66. The molecule has 1 aliphatic carbocycles. The number of aryl methyl sites for hydroxylation is 1. The van der Waals surface area contributed by atoms with E-state index in [0.29, 0.717) is 62.1 Å². The number of hydrogen-bond donors (Lipinski definition) is 7. The molecule has 5 aliphatic rings. The van der Waals surface area contributed by atoms with Gasteiger partial charge in [-0.3, -0.25) is 48.2 Å². The number of methoxy groups -OCH3 is 1. The van der Waals surface area contributed by atoms with Gasteiger partial charge < -0.3 is 70.0 Å². The normalized spacial score (nSPS) is 16.7. The number of fused-ring (bicyclic) bond motifs is 2. The lowest BCUT2D eigenvalue weighted by molar-refractivity contribution is -0.138. The molecule has 2 atom stereocenters. The van der Waals surface area contributed by atoms with Gasteiger partial charge in [0.25, 0.3) is 17.4 Å². The first-order chi connectivity index (χ1) is 57.8.